The summed E-state index contributed by atoms with van der Waals surface area (Å²) in [5.74, 6) is 0.962. The van der Waals surface area contributed by atoms with Crippen molar-refractivity contribution >= 4 is 11.3 Å². The molecule has 0 atom stereocenters. The second-order valence-corrected chi connectivity index (χ2v) is 7.56. The quantitative estimate of drug-likeness (QED) is 0.571. The number of hydrogen-bond donors (Lipinski definition) is 0. The number of thiophene rings is 1. The molecule has 0 spiro atoms. The number of nitrogens with zero attached hydrogens (tertiary/aromatic N) is 3. The van der Waals surface area contributed by atoms with Crippen LogP contribution < -0.4 is 4.74 Å². The first-order chi connectivity index (χ1) is 12.2. The summed E-state index contributed by atoms with van der Waals surface area (Å²) in [6.45, 7) is 6.06. The summed E-state index contributed by atoms with van der Waals surface area (Å²) in [7, 11) is 1.74. The maximum absolute atomic E-state index is 5.53. The van der Waals surface area contributed by atoms with E-state index in [1.807, 2.05) is 42.2 Å². The van der Waals surface area contributed by atoms with Crippen LogP contribution >= 0.6 is 11.3 Å². The van der Waals surface area contributed by atoms with Gasteiger partial charge in [0.05, 0.1) is 13.4 Å². The molecule has 0 fully saturated rings. The van der Waals surface area contributed by atoms with E-state index in [1.165, 1.54) is 15.3 Å². The minimum atomic E-state index is 0.894. The summed E-state index contributed by atoms with van der Waals surface area (Å²) < 4.78 is 7.66. The van der Waals surface area contributed by atoms with E-state index < -0.39 is 0 Å². The Hall–Kier alpha value is -2.11. The fourth-order valence-electron chi connectivity index (χ4n) is 2.97. The zero-order chi connectivity index (χ0) is 17.5. The molecule has 5 heteroatoms. The van der Waals surface area contributed by atoms with Gasteiger partial charge in [0.2, 0.25) is 0 Å². The van der Waals surface area contributed by atoms with Crippen molar-refractivity contribution in [2.75, 3.05) is 13.7 Å². The second-order valence-electron chi connectivity index (χ2n) is 6.19. The van der Waals surface area contributed by atoms with E-state index in [0.29, 0.717) is 0 Å². The Morgan fingerprint density at radius 1 is 1.16 bits per heavy atom. The third-order valence-corrected chi connectivity index (χ3v) is 5.20. The lowest BCUT2D eigenvalue weighted by atomic mass is 10.1. The van der Waals surface area contributed by atoms with Crippen molar-refractivity contribution in [3.8, 4) is 5.75 Å². The van der Waals surface area contributed by atoms with Gasteiger partial charge in [-0.25, -0.2) is 4.98 Å². The van der Waals surface area contributed by atoms with Gasteiger partial charge in [0.1, 0.15) is 5.75 Å². The van der Waals surface area contributed by atoms with E-state index in [9.17, 15) is 0 Å². The van der Waals surface area contributed by atoms with E-state index in [4.69, 9.17) is 4.74 Å². The van der Waals surface area contributed by atoms with Gasteiger partial charge >= 0.3 is 0 Å². The van der Waals surface area contributed by atoms with Crippen LogP contribution in [0.15, 0.2) is 55.1 Å². The highest BCUT2D eigenvalue weighted by Gasteiger charge is 2.11. The van der Waals surface area contributed by atoms with Gasteiger partial charge in [0.25, 0.3) is 0 Å². The minimum absolute atomic E-state index is 0.894. The molecule has 2 aromatic heterocycles. The van der Waals surface area contributed by atoms with Gasteiger partial charge in [-0.05, 0) is 31.5 Å². The van der Waals surface area contributed by atoms with Crippen molar-refractivity contribution in [3.63, 3.8) is 0 Å². The fourth-order valence-corrected chi connectivity index (χ4v) is 3.91. The normalized spacial score (nSPS) is 11.2. The van der Waals surface area contributed by atoms with Gasteiger partial charge in [-0.3, -0.25) is 4.90 Å². The molecule has 0 amide bonds. The minimum Gasteiger partial charge on any atom is -0.496 e. The molecular weight excluding hydrogens is 330 g/mol. The molecule has 3 aromatic rings. The number of para-hydroxylation sites is 1. The van der Waals surface area contributed by atoms with E-state index in [-0.39, 0.29) is 0 Å². The maximum Gasteiger partial charge on any atom is 0.123 e. The molecule has 0 saturated heterocycles. The molecule has 0 N–H and O–H groups in total. The van der Waals surface area contributed by atoms with Gasteiger partial charge < -0.3 is 9.30 Å². The summed E-state index contributed by atoms with van der Waals surface area (Å²) in [5, 5.41) is 0. The molecular formula is C20H25N3OS. The lowest BCUT2D eigenvalue weighted by molar-refractivity contribution is 0.246. The molecule has 1 aromatic carbocycles. The third kappa shape index (κ3) is 5.18. The first kappa shape index (κ1) is 17.7. The maximum atomic E-state index is 5.53. The average Bonchev–Trinajstić information content (AvgIpc) is 3.27. The molecule has 3 rings (SSSR count). The van der Waals surface area contributed by atoms with Crippen molar-refractivity contribution in [1.29, 1.82) is 0 Å². The molecule has 132 valence electrons. The number of methoxy groups -OCH3 is 1. The number of hydrogen-bond acceptors (Lipinski definition) is 4. The Balaban J connectivity index is 1.66. The van der Waals surface area contributed by atoms with Crippen LogP contribution in [0, 0.1) is 6.92 Å². The van der Waals surface area contributed by atoms with Gasteiger partial charge in [-0.15, -0.1) is 11.3 Å². The van der Waals surface area contributed by atoms with Gasteiger partial charge in [0, 0.05) is 53.9 Å². The van der Waals surface area contributed by atoms with Crippen LogP contribution in [0.3, 0.4) is 0 Å². The molecule has 0 radical (unpaired) electrons. The number of aromatic nitrogens is 2. The smallest absolute Gasteiger partial charge is 0.123 e. The van der Waals surface area contributed by atoms with Gasteiger partial charge in [0.15, 0.2) is 0 Å². The van der Waals surface area contributed by atoms with Crippen LogP contribution in [0.5, 0.6) is 5.75 Å². The highest BCUT2D eigenvalue weighted by Crippen LogP contribution is 2.22. The Morgan fingerprint density at radius 2 is 2.04 bits per heavy atom. The Bertz CT molecular complexity index is 767. The van der Waals surface area contributed by atoms with Crippen LogP contribution in [0.4, 0.5) is 0 Å². The standard InChI is InChI=1S/C20H25N3OS/c1-17-8-9-19(25-17)15-23(12-5-11-22-13-10-21-16-22)14-18-6-3-4-7-20(18)24-2/h3-4,6-10,13,16H,5,11-12,14-15H2,1-2H3. The topological polar surface area (TPSA) is 30.3 Å². The van der Waals surface area contributed by atoms with Crippen LogP contribution in [0.2, 0.25) is 0 Å². The van der Waals surface area contributed by atoms with E-state index in [1.54, 1.807) is 7.11 Å². The number of ether oxygens (including phenoxy) is 1. The molecule has 0 aliphatic heterocycles. The Labute approximate surface area is 153 Å². The second kappa shape index (κ2) is 8.83. The molecule has 2 heterocycles. The first-order valence-electron chi connectivity index (χ1n) is 8.60. The molecule has 0 aliphatic carbocycles. The number of aryl methyl sites for hydroxylation is 2. The molecule has 4 nitrogen and oxygen atoms in total. The van der Waals surface area contributed by atoms with Crippen molar-refractivity contribution in [2.24, 2.45) is 0 Å². The van der Waals surface area contributed by atoms with Crippen molar-refractivity contribution in [1.82, 2.24) is 14.5 Å². The number of imidazole rings is 1. The summed E-state index contributed by atoms with van der Waals surface area (Å²) in [6, 6.07) is 12.7. The van der Waals surface area contributed by atoms with E-state index in [0.717, 1.165) is 38.3 Å². The van der Waals surface area contributed by atoms with Crippen molar-refractivity contribution < 1.29 is 4.74 Å². The van der Waals surface area contributed by atoms with Crippen LogP contribution in [-0.2, 0) is 19.6 Å². The summed E-state index contributed by atoms with van der Waals surface area (Å²) in [5.41, 5.74) is 1.24. The SMILES string of the molecule is COc1ccccc1CN(CCCn1ccnc1)Cc1ccc(C)s1. The highest BCUT2D eigenvalue weighted by molar-refractivity contribution is 7.11. The monoisotopic (exact) mass is 355 g/mol. The average molecular weight is 356 g/mol. The van der Waals surface area contributed by atoms with Crippen molar-refractivity contribution in [2.45, 2.75) is 33.0 Å². The zero-order valence-corrected chi connectivity index (χ0v) is 15.7. The first-order valence-corrected chi connectivity index (χ1v) is 9.41. The van der Waals surface area contributed by atoms with Crippen LogP contribution in [0.25, 0.3) is 0 Å². The van der Waals surface area contributed by atoms with Crippen LogP contribution in [-0.4, -0.2) is 28.1 Å². The zero-order valence-electron chi connectivity index (χ0n) is 14.9. The Kier molecular flexibility index (Phi) is 6.25. The largest absolute Gasteiger partial charge is 0.496 e. The molecule has 0 aliphatic rings. The van der Waals surface area contributed by atoms with Gasteiger partial charge in [-0.1, -0.05) is 18.2 Å². The van der Waals surface area contributed by atoms with Crippen molar-refractivity contribution in [3.05, 3.63) is 70.4 Å². The number of rotatable bonds is 9. The van der Waals surface area contributed by atoms with Crippen LogP contribution in [0.1, 0.15) is 21.7 Å². The lowest BCUT2D eigenvalue weighted by Gasteiger charge is -2.23. The van der Waals surface area contributed by atoms with Gasteiger partial charge in [-0.2, -0.15) is 0 Å². The summed E-state index contributed by atoms with van der Waals surface area (Å²) in [4.78, 5) is 9.39. The summed E-state index contributed by atoms with van der Waals surface area (Å²) >= 11 is 1.88. The summed E-state index contributed by atoms with van der Waals surface area (Å²) in [6.07, 6.45) is 6.83. The predicted molar refractivity (Wildman–Crippen MR) is 103 cm³/mol. The van der Waals surface area contributed by atoms with E-state index in [2.05, 4.69) is 45.6 Å². The highest BCUT2D eigenvalue weighted by atomic mass is 32.1. The fraction of sp³-hybridized carbons (Fsp3) is 0.350. The predicted octanol–water partition coefficient (Wildman–Crippen LogP) is 4.35. The molecule has 0 saturated carbocycles. The lowest BCUT2D eigenvalue weighted by Crippen LogP contribution is -2.24. The molecule has 0 unspecified atom stereocenters. The number of benzene rings is 1. The van der Waals surface area contributed by atoms with E-state index >= 15 is 0 Å². The third-order valence-electron chi connectivity index (χ3n) is 4.21. The Morgan fingerprint density at radius 3 is 2.76 bits per heavy atom. The molecule has 0 bridgehead atoms. The molecule has 25 heavy (non-hydrogen) atoms.